The molecule has 1 rings (SSSR count). The number of H-pyrrole nitrogens is 2. The van der Waals surface area contributed by atoms with Crippen LogP contribution in [0.4, 0.5) is 5.69 Å². The molecule has 0 spiro atoms. The normalized spacial score (nSPS) is 11.1. The van der Waals surface area contributed by atoms with Crippen LogP contribution < -0.4 is 16.6 Å². The quantitative estimate of drug-likeness (QED) is 0.504. The predicted octanol–water partition coefficient (Wildman–Crippen LogP) is -0.0580. The second-order valence-electron chi connectivity index (χ2n) is 3.19. The number of anilines is 1. The number of aromatic nitrogens is 2. The van der Waals surface area contributed by atoms with Crippen LogP contribution in [-0.2, 0) is 9.53 Å². The first-order valence-electron chi connectivity index (χ1n) is 4.97. The van der Waals surface area contributed by atoms with Crippen molar-refractivity contribution in [3.8, 4) is 0 Å². The Bertz CT molecular complexity index is 541. The molecular formula is C10H13N3O4. The fraction of sp³-hybridized carbons (Fsp3) is 0.300. The molecule has 3 N–H and O–H groups in total. The van der Waals surface area contributed by atoms with E-state index in [1.807, 2.05) is 0 Å². The number of aromatic amines is 2. The molecule has 0 atom stereocenters. The third-order valence-electron chi connectivity index (χ3n) is 1.77. The van der Waals surface area contributed by atoms with Crippen LogP contribution in [0, 0.1) is 0 Å². The molecule has 17 heavy (non-hydrogen) atoms. The van der Waals surface area contributed by atoms with Gasteiger partial charge in [0.25, 0.3) is 5.56 Å². The number of allylic oxidation sites excluding steroid dienone is 1. The van der Waals surface area contributed by atoms with Crippen LogP contribution in [0.3, 0.4) is 0 Å². The zero-order chi connectivity index (χ0) is 12.8. The summed E-state index contributed by atoms with van der Waals surface area (Å²) in [5, 5.41) is 2.67. The Morgan fingerprint density at radius 3 is 2.82 bits per heavy atom. The minimum atomic E-state index is -0.590. The highest BCUT2D eigenvalue weighted by molar-refractivity contribution is 5.83. The van der Waals surface area contributed by atoms with E-state index in [-0.39, 0.29) is 12.3 Å². The Morgan fingerprint density at radius 1 is 1.53 bits per heavy atom. The molecule has 92 valence electrons. The first kappa shape index (κ1) is 12.8. The SMILES string of the molecule is CCOC(=O)/C=C(\C)Nc1c[nH]c(=O)[nH]c1=O. The lowest BCUT2D eigenvalue weighted by Crippen LogP contribution is -2.24. The number of carbonyl (C=O) groups is 1. The number of esters is 1. The molecule has 7 nitrogen and oxygen atoms in total. The third-order valence-corrected chi connectivity index (χ3v) is 1.77. The number of rotatable bonds is 4. The minimum absolute atomic E-state index is 0.141. The van der Waals surface area contributed by atoms with Crippen LogP contribution in [0.5, 0.6) is 0 Å². The third kappa shape index (κ3) is 3.98. The van der Waals surface area contributed by atoms with Gasteiger partial charge in [-0.25, -0.2) is 9.59 Å². The first-order chi connectivity index (χ1) is 8.02. The van der Waals surface area contributed by atoms with Gasteiger partial charge in [0, 0.05) is 18.0 Å². The predicted molar refractivity (Wildman–Crippen MR) is 61.7 cm³/mol. The molecular weight excluding hydrogens is 226 g/mol. The van der Waals surface area contributed by atoms with E-state index in [4.69, 9.17) is 4.74 Å². The molecule has 1 aromatic rings. The maximum atomic E-state index is 11.3. The van der Waals surface area contributed by atoms with Crippen molar-refractivity contribution in [1.29, 1.82) is 0 Å². The number of carbonyl (C=O) groups excluding carboxylic acids is 1. The standard InChI is InChI=1S/C10H13N3O4/c1-3-17-8(14)4-6(2)12-7-5-11-10(16)13-9(7)15/h4-5,12H,3H2,1-2H3,(H2,11,13,15,16)/b6-4+. The molecule has 0 aliphatic heterocycles. The molecule has 1 heterocycles. The second-order valence-corrected chi connectivity index (χ2v) is 3.19. The van der Waals surface area contributed by atoms with Gasteiger partial charge in [-0.1, -0.05) is 0 Å². The molecule has 1 aromatic heterocycles. The maximum Gasteiger partial charge on any atom is 0.332 e. The van der Waals surface area contributed by atoms with E-state index >= 15 is 0 Å². The summed E-state index contributed by atoms with van der Waals surface area (Å²) in [6, 6.07) is 0. The molecule has 0 aliphatic carbocycles. The van der Waals surface area contributed by atoms with Gasteiger partial charge in [-0.05, 0) is 13.8 Å². The number of hydrogen-bond acceptors (Lipinski definition) is 5. The Kier molecular flexibility index (Phi) is 4.27. The van der Waals surface area contributed by atoms with Gasteiger partial charge in [0.05, 0.1) is 6.61 Å². The van der Waals surface area contributed by atoms with E-state index in [1.54, 1.807) is 13.8 Å². The smallest absolute Gasteiger partial charge is 0.332 e. The highest BCUT2D eigenvalue weighted by atomic mass is 16.5. The van der Waals surface area contributed by atoms with Crippen molar-refractivity contribution in [2.45, 2.75) is 13.8 Å². The summed E-state index contributed by atoms with van der Waals surface area (Å²) in [7, 11) is 0. The topological polar surface area (TPSA) is 104 Å². The van der Waals surface area contributed by atoms with Crippen molar-refractivity contribution in [3.63, 3.8) is 0 Å². The summed E-state index contributed by atoms with van der Waals surface area (Å²) in [4.78, 5) is 37.5. The summed E-state index contributed by atoms with van der Waals surface area (Å²) in [5.74, 6) is -0.502. The molecule has 0 saturated carbocycles. The monoisotopic (exact) mass is 239 g/mol. The average molecular weight is 239 g/mol. The van der Waals surface area contributed by atoms with Gasteiger partial charge in [0.15, 0.2) is 0 Å². The molecule has 0 amide bonds. The average Bonchev–Trinajstić information content (AvgIpc) is 2.22. The fourth-order valence-electron chi connectivity index (χ4n) is 1.11. The van der Waals surface area contributed by atoms with Gasteiger partial charge in [0.2, 0.25) is 0 Å². The molecule has 0 radical (unpaired) electrons. The lowest BCUT2D eigenvalue weighted by Gasteiger charge is -2.04. The Hall–Kier alpha value is -2.31. The van der Waals surface area contributed by atoms with Crippen molar-refractivity contribution < 1.29 is 9.53 Å². The maximum absolute atomic E-state index is 11.3. The van der Waals surface area contributed by atoms with Crippen LogP contribution in [-0.4, -0.2) is 22.5 Å². The lowest BCUT2D eigenvalue weighted by molar-refractivity contribution is -0.137. The Labute approximate surface area is 96.5 Å². The molecule has 0 bridgehead atoms. The van der Waals surface area contributed by atoms with Gasteiger partial charge < -0.3 is 15.0 Å². The van der Waals surface area contributed by atoms with Gasteiger partial charge in [-0.15, -0.1) is 0 Å². The zero-order valence-corrected chi connectivity index (χ0v) is 9.49. The number of nitrogens with one attached hydrogen (secondary N) is 3. The largest absolute Gasteiger partial charge is 0.463 e. The summed E-state index contributed by atoms with van der Waals surface area (Å²) >= 11 is 0. The fourth-order valence-corrected chi connectivity index (χ4v) is 1.11. The summed E-state index contributed by atoms with van der Waals surface area (Å²) in [6.07, 6.45) is 2.44. The number of hydrogen-bond donors (Lipinski definition) is 3. The second kappa shape index (κ2) is 5.69. The van der Waals surface area contributed by atoms with Crippen LogP contribution in [0.2, 0.25) is 0 Å². The first-order valence-corrected chi connectivity index (χ1v) is 4.97. The van der Waals surface area contributed by atoms with Crippen molar-refractivity contribution >= 4 is 11.7 Å². The zero-order valence-electron chi connectivity index (χ0n) is 9.49. The van der Waals surface area contributed by atoms with Crippen molar-refractivity contribution in [2.75, 3.05) is 11.9 Å². The number of ether oxygens (including phenoxy) is 1. The molecule has 0 unspecified atom stereocenters. The lowest BCUT2D eigenvalue weighted by atomic mass is 10.4. The summed E-state index contributed by atoms with van der Waals surface area (Å²) in [6.45, 7) is 3.57. The molecule has 0 aromatic carbocycles. The molecule has 7 heteroatoms. The highest BCUT2D eigenvalue weighted by Crippen LogP contribution is 2.00. The van der Waals surface area contributed by atoms with E-state index in [1.165, 1.54) is 12.3 Å². The van der Waals surface area contributed by atoms with E-state index in [0.29, 0.717) is 5.70 Å². The van der Waals surface area contributed by atoms with Gasteiger partial charge in [-0.3, -0.25) is 9.78 Å². The van der Waals surface area contributed by atoms with Gasteiger partial charge in [-0.2, -0.15) is 0 Å². The Morgan fingerprint density at radius 2 is 2.24 bits per heavy atom. The van der Waals surface area contributed by atoms with Crippen molar-refractivity contribution in [3.05, 3.63) is 38.8 Å². The van der Waals surface area contributed by atoms with Gasteiger partial charge >= 0.3 is 11.7 Å². The summed E-state index contributed by atoms with van der Waals surface area (Å²) in [5.41, 5.74) is -0.582. The van der Waals surface area contributed by atoms with Crippen LogP contribution in [0.1, 0.15) is 13.8 Å². The van der Waals surface area contributed by atoms with Gasteiger partial charge in [0.1, 0.15) is 5.69 Å². The Balaban J connectivity index is 2.81. The molecule has 0 aliphatic rings. The van der Waals surface area contributed by atoms with E-state index in [0.717, 1.165) is 0 Å². The van der Waals surface area contributed by atoms with E-state index in [9.17, 15) is 14.4 Å². The van der Waals surface area contributed by atoms with E-state index < -0.39 is 17.2 Å². The van der Waals surface area contributed by atoms with Crippen molar-refractivity contribution in [1.82, 2.24) is 9.97 Å². The molecule has 0 fully saturated rings. The van der Waals surface area contributed by atoms with Crippen LogP contribution in [0.25, 0.3) is 0 Å². The summed E-state index contributed by atoms with van der Waals surface area (Å²) < 4.78 is 4.70. The van der Waals surface area contributed by atoms with Crippen LogP contribution in [0.15, 0.2) is 27.6 Å². The highest BCUT2D eigenvalue weighted by Gasteiger charge is 2.02. The van der Waals surface area contributed by atoms with Crippen LogP contribution >= 0.6 is 0 Å². The van der Waals surface area contributed by atoms with E-state index in [2.05, 4.69) is 15.3 Å². The van der Waals surface area contributed by atoms with Crippen molar-refractivity contribution in [2.24, 2.45) is 0 Å². The minimum Gasteiger partial charge on any atom is -0.463 e. The molecule has 0 saturated heterocycles.